The quantitative estimate of drug-likeness (QED) is 0.659. The zero-order chi connectivity index (χ0) is 15.8. The molecule has 0 fully saturated rings. The van der Waals surface area contributed by atoms with Crippen molar-refractivity contribution >= 4 is 39.8 Å². The summed E-state index contributed by atoms with van der Waals surface area (Å²) in [4.78, 5) is 32.8. The van der Waals surface area contributed by atoms with Crippen molar-refractivity contribution in [3.63, 3.8) is 0 Å². The van der Waals surface area contributed by atoms with Gasteiger partial charge in [-0.1, -0.05) is 15.9 Å². The van der Waals surface area contributed by atoms with E-state index in [1.54, 1.807) is 0 Å². The molecule has 21 heavy (non-hydrogen) atoms. The molecule has 0 bridgehead atoms. The van der Waals surface area contributed by atoms with E-state index < -0.39 is 30.1 Å². The molecule has 0 atom stereocenters. The van der Waals surface area contributed by atoms with E-state index in [0.717, 1.165) is 6.08 Å². The van der Waals surface area contributed by atoms with Gasteiger partial charge in [-0.15, -0.1) is 0 Å². The Morgan fingerprint density at radius 1 is 1.24 bits per heavy atom. The number of halogens is 2. The molecule has 0 aliphatic heterocycles. The minimum Gasteiger partial charge on any atom is -0.480 e. The first kappa shape index (κ1) is 16.8. The average Bonchev–Trinajstić information content (AvgIpc) is 2.43. The Kier molecular flexibility index (Phi) is 6.54. The molecule has 1 aromatic carbocycles. The van der Waals surface area contributed by atoms with Gasteiger partial charge in [-0.3, -0.25) is 14.4 Å². The molecule has 0 aromatic heterocycles. The lowest BCUT2D eigenvalue weighted by atomic mass is 10.2. The van der Waals surface area contributed by atoms with Crippen molar-refractivity contribution in [2.24, 2.45) is 0 Å². The molecular weight excluding hydrogens is 347 g/mol. The smallest absolute Gasteiger partial charge is 0.322 e. The molecule has 0 saturated carbocycles. The van der Waals surface area contributed by atoms with Crippen molar-refractivity contribution in [3.8, 4) is 0 Å². The molecule has 8 heteroatoms. The SMILES string of the molecule is O=C(O)CNC(=O)CNC(=O)/C=C/c1cc(Br)ccc1F. The van der Waals surface area contributed by atoms with E-state index in [2.05, 4.69) is 26.6 Å². The van der Waals surface area contributed by atoms with Gasteiger partial charge in [0.15, 0.2) is 0 Å². The van der Waals surface area contributed by atoms with Crippen LogP contribution < -0.4 is 10.6 Å². The Bertz CT molecular complexity index is 590. The van der Waals surface area contributed by atoms with Crippen molar-refractivity contribution in [1.82, 2.24) is 10.6 Å². The molecular formula is C13H12BrFN2O4. The topological polar surface area (TPSA) is 95.5 Å². The summed E-state index contributed by atoms with van der Waals surface area (Å²) in [6, 6.07) is 4.28. The van der Waals surface area contributed by atoms with Crippen LogP contribution in [0.5, 0.6) is 0 Å². The van der Waals surface area contributed by atoms with Gasteiger partial charge in [-0.2, -0.15) is 0 Å². The average molecular weight is 359 g/mol. The summed E-state index contributed by atoms with van der Waals surface area (Å²) in [5.74, 6) is -2.89. The van der Waals surface area contributed by atoms with Crippen LogP contribution >= 0.6 is 15.9 Å². The van der Waals surface area contributed by atoms with Crippen molar-refractivity contribution < 1.29 is 23.9 Å². The number of benzene rings is 1. The van der Waals surface area contributed by atoms with Gasteiger partial charge in [-0.25, -0.2) is 4.39 Å². The Balaban J connectivity index is 2.46. The summed E-state index contributed by atoms with van der Waals surface area (Å²) in [7, 11) is 0. The molecule has 0 saturated heterocycles. The second kappa shape index (κ2) is 8.15. The molecule has 0 radical (unpaired) electrons. The van der Waals surface area contributed by atoms with Crippen LogP contribution in [0.3, 0.4) is 0 Å². The summed E-state index contributed by atoms with van der Waals surface area (Å²) >= 11 is 3.18. The lowest BCUT2D eigenvalue weighted by Gasteiger charge is -2.03. The second-order valence-electron chi connectivity index (χ2n) is 3.89. The maximum absolute atomic E-state index is 13.4. The summed E-state index contributed by atoms with van der Waals surface area (Å²) in [5, 5.41) is 12.7. The maximum Gasteiger partial charge on any atom is 0.322 e. The molecule has 0 spiro atoms. The third-order valence-electron chi connectivity index (χ3n) is 2.23. The number of carbonyl (C=O) groups excluding carboxylic acids is 2. The third kappa shape index (κ3) is 6.66. The fourth-order valence-corrected chi connectivity index (χ4v) is 1.65. The van der Waals surface area contributed by atoms with Crippen LogP contribution in [-0.4, -0.2) is 36.0 Å². The predicted molar refractivity (Wildman–Crippen MR) is 76.8 cm³/mol. The molecule has 3 N–H and O–H groups in total. The van der Waals surface area contributed by atoms with E-state index in [-0.39, 0.29) is 12.1 Å². The molecule has 0 aliphatic rings. The fourth-order valence-electron chi connectivity index (χ4n) is 1.27. The van der Waals surface area contributed by atoms with Crippen LogP contribution in [-0.2, 0) is 14.4 Å². The van der Waals surface area contributed by atoms with Crippen molar-refractivity contribution in [1.29, 1.82) is 0 Å². The van der Waals surface area contributed by atoms with Gasteiger partial charge in [-0.05, 0) is 24.3 Å². The molecule has 0 unspecified atom stereocenters. The largest absolute Gasteiger partial charge is 0.480 e. The van der Waals surface area contributed by atoms with Gasteiger partial charge < -0.3 is 15.7 Å². The molecule has 1 rings (SSSR count). The van der Waals surface area contributed by atoms with Crippen molar-refractivity contribution in [2.45, 2.75) is 0 Å². The van der Waals surface area contributed by atoms with Crippen LogP contribution in [0.2, 0.25) is 0 Å². The molecule has 6 nitrogen and oxygen atoms in total. The number of hydrogen-bond donors (Lipinski definition) is 3. The highest BCUT2D eigenvalue weighted by atomic mass is 79.9. The molecule has 0 aliphatic carbocycles. The highest BCUT2D eigenvalue weighted by Crippen LogP contribution is 2.16. The van der Waals surface area contributed by atoms with E-state index in [1.807, 2.05) is 0 Å². The fraction of sp³-hybridized carbons (Fsp3) is 0.154. The number of hydrogen-bond acceptors (Lipinski definition) is 3. The van der Waals surface area contributed by atoms with Gasteiger partial charge in [0.2, 0.25) is 11.8 Å². The van der Waals surface area contributed by atoms with E-state index >= 15 is 0 Å². The first-order valence-electron chi connectivity index (χ1n) is 5.78. The summed E-state index contributed by atoms with van der Waals surface area (Å²) < 4.78 is 14.1. The Morgan fingerprint density at radius 3 is 2.62 bits per heavy atom. The number of carboxylic acid groups (broad SMARTS) is 1. The second-order valence-corrected chi connectivity index (χ2v) is 4.80. The highest BCUT2D eigenvalue weighted by Gasteiger charge is 2.05. The van der Waals surface area contributed by atoms with Gasteiger partial charge in [0.1, 0.15) is 12.4 Å². The first-order chi connectivity index (χ1) is 9.88. The van der Waals surface area contributed by atoms with Crippen LogP contribution in [0.15, 0.2) is 28.7 Å². The Labute approximate surface area is 128 Å². The van der Waals surface area contributed by atoms with E-state index in [9.17, 15) is 18.8 Å². The first-order valence-corrected chi connectivity index (χ1v) is 6.57. The molecule has 0 heterocycles. The van der Waals surface area contributed by atoms with Gasteiger partial charge in [0.05, 0.1) is 6.54 Å². The summed E-state index contributed by atoms with van der Waals surface area (Å²) in [5.41, 5.74) is 0.217. The zero-order valence-electron chi connectivity index (χ0n) is 10.7. The molecule has 2 amide bonds. The van der Waals surface area contributed by atoms with E-state index in [4.69, 9.17) is 5.11 Å². The van der Waals surface area contributed by atoms with Gasteiger partial charge in [0, 0.05) is 16.1 Å². The van der Waals surface area contributed by atoms with Gasteiger partial charge in [0.25, 0.3) is 0 Å². The Hall–Kier alpha value is -2.22. The van der Waals surface area contributed by atoms with Crippen LogP contribution in [0.1, 0.15) is 5.56 Å². The molecule has 1 aromatic rings. The minimum absolute atomic E-state index is 0.217. The Morgan fingerprint density at radius 2 is 1.95 bits per heavy atom. The monoisotopic (exact) mass is 358 g/mol. The van der Waals surface area contributed by atoms with Crippen molar-refractivity contribution in [3.05, 3.63) is 40.1 Å². The standard InChI is InChI=1S/C13H12BrFN2O4/c14-9-2-3-10(15)8(5-9)1-4-11(18)16-6-12(19)17-7-13(20)21/h1-5H,6-7H2,(H,16,18)(H,17,19)(H,20,21)/b4-1+. The number of carboxylic acids is 1. The van der Waals surface area contributed by atoms with Crippen LogP contribution in [0.25, 0.3) is 6.08 Å². The number of amides is 2. The normalized spacial score (nSPS) is 10.4. The van der Waals surface area contributed by atoms with Crippen LogP contribution in [0.4, 0.5) is 4.39 Å². The maximum atomic E-state index is 13.4. The lowest BCUT2D eigenvalue weighted by Crippen LogP contribution is -2.38. The van der Waals surface area contributed by atoms with Crippen LogP contribution in [0, 0.1) is 5.82 Å². The number of carbonyl (C=O) groups is 3. The highest BCUT2D eigenvalue weighted by molar-refractivity contribution is 9.10. The van der Waals surface area contributed by atoms with E-state index in [0.29, 0.717) is 4.47 Å². The number of rotatable bonds is 6. The predicted octanol–water partition coefficient (Wildman–Crippen LogP) is 0.918. The van der Waals surface area contributed by atoms with Gasteiger partial charge >= 0.3 is 5.97 Å². The number of aliphatic carboxylic acids is 1. The lowest BCUT2D eigenvalue weighted by molar-refractivity contribution is -0.137. The third-order valence-corrected chi connectivity index (χ3v) is 2.73. The molecule has 112 valence electrons. The summed E-state index contributed by atoms with van der Waals surface area (Å²) in [6.07, 6.45) is 2.35. The minimum atomic E-state index is -1.18. The van der Waals surface area contributed by atoms with Crippen molar-refractivity contribution in [2.75, 3.05) is 13.1 Å². The zero-order valence-corrected chi connectivity index (χ0v) is 12.3. The number of nitrogens with one attached hydrogen (secondary N) is 2. The van der Waals surface area contributed by atoms with E-state index in [1.165, 1.54) is 24.3 Å². The summed E-state index contributed by atoms with van der Waals surface area (Å²) in [6.45, 7) is -0.884.